The highest BCUT2D eigenvalue weighted by Crippen LogP contribution is 2.32. The van der Waals surface area contributed by atoms with Gasteiger partial charge in [-0.05, 0) is 48.9 Å². The van der Waals surface area contributed by atoms with Gasteiger partial charge in [0.15, 0.2) is 9.84 Å². The normalized spacial score (nSPS) is 22.9. The number of likely N-dealkylation sites (N-methyl/N-ethyl adjacent to an activating group) is 1. The Kier molecular flexibility index (Phi) is 6.16. The molecule has 0 aliphatic carbocycles. The molecule has 0 saturated carbocycles. The smallest absolute Gasteiger partial charge is 0.294 e. The van der Waals surface area contributed by atoms with E-state index in [0.29, 0.717) is 23.6 Å². The number of thioether (sulfide) groups is 1. The third-order valence-corrected chi connectivity index (χ3v) is 7.52. The van der Waals surface area contributed by atoms with Crippen LogP contribution >= 0.6 is 23.4 Å². The van der Waals surface area contributed by atoms with Gasteiger partial charge in [-0.2, -0.15) is 0 Å². The zero-order valence-electron chi connectivity index (χ0n) is 15.1. The first kappa shape index (κ1) is 20.9. The molecular weight excluding hydrogens is 424 g/mol. The summed E-state index contributed by atoms with van der Waals surface area (Å²) in [6.45, 7) is 1.66. The Hall–Kier alpha value is -1.84. The lowest BCUT2D eigenvalue weighted by Crippen LogP contribution is -2.47. The fraction of sp³-hybridized carbons (Fsp3) is 0.389. The number of hydrogen-bond donors (Lipinski definition) is 0. The first-order chi connectivity index (χ1) is 13.2. The summed E-state index contributed by atoms with van der Waals surface area (Å²) in [7, 11) is -3.15. The standard InChI is InChI=1S/C18H19ClN2O5S2/c1-2-20(14-6-7-28(25,26)11-14)16(22)10-21-17(23)15(27-18(21)24)9-12-4-3-5-13(19)8-12/h3-5,8-9,14H,2,6-7,10-11H2,1H3/b15-9-/t14-/m1/s1. The van der Waals surface area contributed by atoms with Gasteiger partial charge < -0.3 is 4.90 Å². The molecule has 150 valence electrons. The molecule has 10 heteroatoms. The summed E-state index contributed by atoms with van der Waals surface area (Å²) >= 11 is 6.70. The molecule has 0 N–H and O–H groups in total. The van der Waals surface area contributed by atoms with Crippen LogP contribution < -0.4 is 0 Å². The predicted molar refractivity (Wildman–Crippen MR) is 109 cm³/mol. The van der Waals surface area contributed by atoms with Gasteiger partial charge in [0.05, 0.1) is 16.4 Å². The van der Waals surface area contributed by atoms with E-state index in [1.807, 2.05) is 0 Å². The second kappa shape index (κ2) is 8.26. The highest BCUT2D eigenvalue weighted by molar-refractivity contribution is 8.18. The average Bonchev–Trinajstić information content (AvgIpc) is 3.10. The Labute approximate surface area is 172 Å². The number of amides is 3. The summed E-state index contributed by atoms with van der Waals surface area (Å²) in [5, 5.41) is -0.0185. The van der Waals surface area contributed by atoms with Crippen LogP contribution in [0.4, 0.5) is 4.79 Å². The van der Waals surface area contributed by atoms with E-state index < -0.39 is 39.5 Å². The molecule has 2 heterocycles. The van der Waals surface area contributed by atoms with Crippen molar-refractivity contribution in [3.05, 3.63) is 39.8 Å². The third kappa shape index (κ3) is 4.59. The topological polar surface area (TPSA) is 91.8 Å². The van der Waals surface area contributed by atoms with Crippen molar-refractivity contribution >= 4 is 56.3 Å². The molecule has 1 aromatic carbocycles. The zero-order chi connectivity index (χ0) is 20.5. The fourth-order valence-corrected chi connectivity index (χ4v) is 6.04. The summed E-state index contributed by atoms with van der Waals surface area (Å²) in [4.78, 5) is 40.1. The molecule has 2 fully saturated rings. The molecule has 0 unspecified atom stereocenters. The van der Waals surface area contributed by atoms with Gasteiger partial charge in [-0.15, -0.1) is 0 Å². The summed E-state index contributed by atoms with van der Waals surface area (Å²) in [6.07, 6.45) is 1.93. The van der Waals surface area contributed by atoms with Crippen molar-refractivity contribution in [3.63, 3.8) is 0 Å². The summed E-state index contributed by atoms with van der Waals surface area (Å²) in [5.41, 5.74) is 0.677. The number of carbonyl (C=O) groups is 3. The van der Waals surface area contributed by atoms with Gasteiger partial charge in [0.2, 0.25) is 5.91 Å². The van der Waals surface area contributed by atoms with Crippen molar-refractivity contribution in [1.82, 2.24) is 9.80 Å². The molecule has 2 aliphatic heterocycles. The van der Waals surface area contributed by atoms with Crippen LogP contribution in [0.3, 0.4) is 0 Å². The van der Waals surface area contributed by atoms with Gasteiger partial charge in [-0.25, -0.2) is 8.42 Å². The highest BCUT2D eigenvalue weighted by atomic mass is 35.5. The lowest BCUT2D eigenvalue weighted by atomic mass is 10.2. The number of carbonyl (C=O) groups excluding carboxylic acids is 3. The maximum atomic E-state index is 12.7. The monoisotopic (exact) mass is 442 g/mol. The van der Waals surface area contributed by atoms with Gasteiger partial charge >= 0.3 is 0 Å². The molecule has 0 radical (unpaired) electrons. The van der Waals surface area contributed by atoms with Gasteiger partial charge in [0, 0.05) is 17.6 Å². The lowest BCUT2D eigenvalue weighted by Gasteiger charge is -2.28. The molecular formula is C18H19ClN2O5S2. The van der Waals surface area contributed by atoms with E-state index in [1.165, 1.54) is 4.90 Å². The maximum absolute atomic E-state index is 12.7. The van der Waals surface area contributed by atoms with Gasteiger partial charge in [-0.1, -0.05) is 23.7 Å². The number of benzene rings is 1. The van der Waals surface area contributed by atoms with E-state index in [4.69, 9.17) is 11.6 Å². The van der Waals surface area contributed by atoms with E-state index >= 15 is 0 Å². The van der Waals surface area contributed by atoms with Crippen LogP contribution in [0, 0.1) is 0 Å². The van der Waals surface area contributed by atoms with Crippen LogP contribution in [0.5, 0.6) is 0 Å². The number of nitrogens with zero attached hydrogens (tertiary/aromatic N) is 2. The van der Waals surface area contributed by atoms with E-state index in [0.717, 1.165) is 16.7 Å². The van der Waals surface area contributed by atoms with E-state index in [1.54, 1.807) is 37.3 Å². The Morgan fingerprint density at radius 2 is 2.14 bits per heavy atom. The summed E-state index contributed by atoms with van der Waals surface area (Å²) in [5.74, 6) is -1.01. The molecule has 1 aromatic rings. The molecule has 2 saturated heterocycles. The number of rotatable bonds is 5. The van der Waals surface area contributed by atoms with Crippen LogP contribution in [-0.4, -0.2) is 65.9 Å². The SMILES string of the molecule is CCN(C(=O)CN1C(=O)S/C(=C\c2cccc(Cl)c2)C1=O)[C@@H]1CCS(=O)(=O)C1. The predicted octanol–water partition coefficient (Wildman–Crippen LogP) is 2.41. The van der Waals surface area contributed by atoms with Crippen molar-refractivity contribution in [3.8, 4) is 0 Å². The van der Waals surface area contributed by atoms with Crippen molar-refractivity contribution in [2.24, 2.45) is 0 Å². The van der Waals surface area contributed by atoms with E-state index in [9.17, 15) is 22.8 Å². The molecule has 7 nitrogen and oxygen atoms in total. The van der Waals surface area contributed by atoms with Crippen LogP contribution in [0.2, 0.25) is 5.02 Å². The maximum Gasteiger partial charge on any atom is 0.294 e. The van der Waals surface area contributed by atoms with Crippen molar-refractivity contribution < 1.29 is 22.8 Å². The first-order valence-electron chi connectivity index (χ1n) is 8.71. The molecule has 2 aliphatic rings. The Morgan fingerprint density at radius 3 is 2.75 bits per heavy atom. The minimum atomic E-state index is -3.15. The second-order valence-corrected chi connectivity index (χ2v) is 10.2. The average molecular weight is 443 g/mol. The van der Waals surface area contributed by atoms with Crippen LogP contribution in [0.1, 0.15) is 18.9 Å². The Balaban J connectivity index is 1.72. The number of imide groups is 1. The zero-order valence-corrected chi connectivity index (χ0v) is 17.5. The number of halogens is 1. The largest absolute Gasteiger partial charge is 0.337 e. The van der Waals surface area contributed by atoms with Crippen LogP contribution in [-0.2, 0) is 19.4 Å². The van der Waals surface area contributed by atoms with Crippen molar-refractivity contribution in [1.29, 1.82) is 0 Å². The number of sulfone groups is 1. The first-order valence-corrected chi connectivity index (χ1v) is 11.7. The molecule has 28 heavy (non-hydrogen) atoms. The molecule has 3 amide bonds. The molecule has 0 spiro atoms. The van der Waals surface area contributed by atoms with Gasteiger partial charge in [-0.3, -0.25) is 19.3 Å². The highest BCUT2D eigenvalue weighted by Gasteiger charge is 2.39. The van der Waals surface area contributed by atoms with Crippen LogP contribution in [0.25, 0.3) is 6.08 Å². The Bertz CT molecular complexity index is 960. The van der Waals surface area contributed by atoms with Crippen molar-refractivity contribution in [2.75, 3.05) is 24.6 Å². The molecule has 0 bridgehead atoms. The Morgan fingerprint density at radius 1 is 1.39 bits per heavy atom. The van der Waals surface area contributed by atoms with Crippen molar-refractivity contribution in [2.45, 2.75) is 19.4 Å². The quantitative estimate of drug-likeness (QED) is 0.650. The summed E-state index contributed by atoms with van der Waals surface area (Å²) in [6, 6.07) is 6.44. The lowest BCUT2D eigenvalue weighted by molar-refractivity contribution is -0.137. The fourth-order valence-electron chi connectivity index (χ4n) is 3.27. The summed E-state index contributed by atoms with van der Waals surface area (Å²) < 4.78 is 23.4. The van der Waals surface area contributed by atoms with E-state index in [-0.39, 0.29) is 16.4 Å². The molecule has 0 aromatic heterocycles. The molecule has 1 atom stereocenters. The molecule has 3 rings (SSSR count). The minimum Gasteiger partial charge on any atom is -0.337 e. The second-order valence-electron chi connectivity index (χ2n) is 6.56. The minimum absolute atomic E-state index is 0.0470. The van der Waals surface area contributed by atoms with Gasteiger partial charge in [0.25, 0.3) is 11.1 Å². The third-order valence-electron chi connectivity index (χ3n) is 4.62. The van der Waals surface area contributed by atoms with Crippen LogP contribution in [0.15, 0.2) is 29.2 Å². The van der Waals surface area contributed by atoms with E-state index in [2.05, 4.69) is 0 Å². The number of hydrogen-bond acceptors (Lipinski definition) is 6. The van der Waals surface area contributed by atoms with Gasteiger partial charge in [0.1, 0.15) is 6.54 Å².